The van der Waals surface area contributed by atoms with Gasteiger partial charge in [-0.25, -0.2) is 0 Å². The van der Waals surface area contributed by atoms with Crippen LogP contribution in [0, 0.1) is 5.92 Å². The molecule has 2 unspecified atom stereocenters. The number of nitrogens with zero attached hydrogens (tertiary/aromatic N) is 1. The average molecular weight is 295 g/mol. The predicted octanol–water partition coefficient (Wildman–Crippen LogP) is 2.66. The first-order valence-electron chi connectivity index (χ1n) is 6.68. The molecule has 3 rings (SSSR count). The van der Waals surface area contributed by atoms with Crippen LogP contribution in [-0.4, -0.2) is 29.9 Å². The Morgan fingerprint density at radius 2 is 2.20 bits per heavy atom. The molecule has 0 bridgehead atoms. The molecule has 0 aliphatic carbocycles. The van der Waals surface area contributed by atoms with Crippen LogP contribution >= 0.6 is 12.4 Å². The van der Waals surface area contributed by atoms with Gasteiger partial charge >= 0.3 is 0 Å². The second-order valence-corrected chi connectivity index (χ2v) is 5.29. The maximum atomic E-state index is 12.6. The van der Waals surface area contributed by atoms with Gasteiger partial charge in [0.25, 0.3) is 5.91 Å². The molecule has 0 saturated carbocycles. The first kappa shape index (κ1) is 14.9. The van der Waals surface area contributed by atoms with Crippen molar-refractivity contribution >= 4 is 29.3 Å². The molecule has 4 nitrogen and oxygen atoms in total. The van der Waals surface area contributed by atoms with Crippen LogP contribution in [0.25, 0.3) is 11.0 Å². The van der Waals surface area contributed by atoms with E-state index < -0.39 is 0 Å². The number of hydrogen-bond donors (Lipinski definition) is 1. The first-order chi connectivity index (χ1) is 9.20. The van der Waals surface area contributed by atoms with Crippen molar-refractivity contribution in [2.24, 2.45) is 11.7 Å². The van der Waals surface area contributed by atoms with Gasteiger partial charge in [0.2, 0.25) is 0 Å². The third-order valence-electron chi connectivity index (χ3n) is 3.97. The second-order valence-electron chi connectivity index (χ2n) is 5.29. The fourth-order valence-electron chi connectivity index (χ4n) is 2.89. The number of likely N-dealkylation sites (tertiary alicyclic amines) is 1. The number of carbonyl (C=O) groups is 1. The highest BCUT2D eigenvalue weighted by Gasteiger charge is 2.33. The van der Waals surface area contributed by atoms with E-state index >= 15 is 0 Å². The van der Waals surface area contributed by atoms with Crippen molar-refractivity contribution in [2.45, 2.75) is 19.4 Å². The average Bonchev–Trinajstić information content (AvgIpc) is 3.01. The minimum Gasteiger partial charge on any atom is -0.463 e. The summed E-state index contributed by atoms with van der Waals surface area (Å²) in [6, 6.07) is 7.87. The molecular weight excluding hydrogens is 276 g/mol. The summed E-state index contributed by atoms with van der Waals surface area (Å²) in [5, 5.41) is 0.885. The zero-order valence-electron chi connectivity index (χ0n) is 11.4. The molecule has 2 N–H and O–H groups in total. The normalized spacial score (nSPS) is 22.0. The van der Waals surface area contributed by atoms with E-state index in [9.17, 15) is 4.79 Å². The summed E-state index contributed by atoms with van der Waals surface area (Å²) in [6.45, 7) is 3.46. The number of carbonyl (C=O) groups excluding carboxylic acids is 1. The minimum absolute atomic E-state index is 0. The summed E-state index contributed by atoms with van der Waals surface area (Å²) in [4.78, 5) is 14.5. The lowest BCUT2D eigenvalue weighted by molar-refractivity contribution is 0.0744. The molecule has 0 radical (unpaired) electrons. The van der Waals surface area contributed by atoms with E-state index in [1.165, 1.54) is 0 Å². The molecular formula is C15H19ClN2O2. The number of furan rings is 1. The summed E-state index contributed by atoms with van der Waals surface area (Å²) in [7, 11) is 0. The van der Waals surface area contributed by atoms with Crippen LogP contribution in [0.1, 0.15) is 23.7 Å². The van der Waals surface area contributed by atoms with Gasteiger partial charge in [-0.3, -0.25) is 4.79 Å². The van der Waals surface area contributed by atoms with Gasteiger partial charge in [-0.05, 0) is 31.9 Å². The van der Waals surface area contributed by atoms with Gasteiger partial charge in [-0.15, -0.1) is 12.4 Å². The summed E-state index contributed by atoms with van der Waals surface area (Å²) in [6.07, 6.45) is 2.55. The Kier molecular flexibility index (Phi) is 4.35. The Morgan fingerprint density at radius 1 is 1.45 bits per heavy atom. The summed E-state index contributed by atoms with van der Waals surface area (Å²) in [5.41, 5.74) is 7.12. The van der Waals surface area contributed by atoms with Gasteiger partial charge in [0.15, 0.2) is 0 Å². The van der Waals surface area contributed by atoms with Crippen LogP contribution in [0.4, 0.5) is 0 Å². The Balaban J connectivity index is 0.00000147. The number of hydrogen-bond acceptors (Lipinski definition) is 3. The number of amides is 1. The highest BCUT2D eigenvalue weighted by molar-refractivity contribution is 6.06. The smallest absolute Gasteiger partial charge is 0.257 e. The highest BCUT2D eigenvalue weighted by atomic mass is 35.5. The van der Waals surface area contributed by atoms with Crippen LogP contribution in [0.3, 0.4) is 0 Å². The lowest BCUT2D eigenvalue weighted by Gasteiger charge is -2.20. The molecule has 2 heterocycles. The third kappa shape index (κ3) is 2.41. The van der Waals surface area contributed by atoms with Crippen molar-refractivity contribution in [3.05, 3.63) is 36.1 Å². The molecule has 1 amide bonds. The molecule has 1 aliphatic rings. The molecule has 20 heavy (non-hydrogen) atoms. The fourth-order valence-corrected chi connectivity index (χ4v) is 2.89. The van der Waals surface area contributed by atoms with E-state index in [-0.39, 0.29) is 24.4 Å². The van der Waals surface area contributed by atoms with Crippen molar-refractivity contribution < 1.29 is 9.21 Å². The van der Waals surface area contributed by atoms with E-state index in [0.717, 1.165) is 23.9 Å². The molecule has 1 fully saturated rings. The van der Waals surface area contributed by atoms with Gasteiger partial charge in [0, 0.05) is 18.0 Å². The third-order valence-corrected chi connectivity index (χ3v) is 3.97. The molecule has 2 atom stereocenters. The van der Waals surface area contributed by atoms with Crippen LogP contribution in [0.15, 0.2) is 34.9 Å². The van der Waals surface area contributed by atoms with E-state index in [1.54, 1.807) is 6.26 Å². The number of rotatable bonds is 2. The number of benzene rings is 1. The molecule has 1 aromatic carbocycles. The second kappa shape index (κ2) is 5.85. The summed E-state index contributed by atoms with van der Waals surface area (Å²) >= 11 is 0. The van der Waals surface area contributed by atoms with Gasteiger partial charge in [-0.2, -0.15) is 0 Å². The quantitative estimate of drug-likeness (QED) is 0.926. The summed E-state index contributed by atoms with van der Waals surface area (Å²) in [5.74, 6) is 0.463. The van der Waals surface area contributed by atoms with Gasteiger partial charge in [-0.1, -0.05) is 18.2 Å². The molecule has 5 heteroatoms. The Labute approximate surface area is 124 Å². The van der Waals surface area contributed by atoms with Crippen molar-refractivity contribution in [3.63, 3.8) is 0 Å². The maximum absolute atomic E-state index is 12.6. The summed E-state index contributed by atoms with van der Waals surface area (Å²) < 4.78 is 5.45. The molecule has 1 saturated heterocycles. The van der Waals surface area contributed by atoms with E-state index in [4.69, 9.17) is 10.2 Å². The zero-order chi connectivity index (χ0) is 13.4. The lowest BCUT2D eigenvalue weighted by atomic mass is 10.1. The largest absolute Gasteiger partial charge is 0.463 e. The molecule has 2 aromatic rings. The molecule has 108 valence electrons. The monoisotopic (exact) mass is 294 g/mol. The zero-order valence-corrected chi connectivity index (χ0v) is 12.2. The highest BCUT2D eigenvalue weighted by Crippen LogP contribution is 2.27. The SMILES string of the molecule is CC1CC(CN)CN1C(=O)c1coc2ccccc12.Cl. The van der Waals surface area contributed by atoms with Crippen LogP contribution in [-0.2, 0) is 0 Å². The van der Waals surface area contributed by atoms with E-state index in [1.807, 2.05) is 29.2 Å². The van der Waals surface area contributed by atoms with E-state index in [2.05, 4.69) is 6.92 Å². The number of fused-ring (bicyclic) bond motifs is 1. The topological polar surface area (TPSA) is 59.5 Å². The number of halogens is 1. The first-order valence-corrected chi connectivity index (χ1v) is 6.68. The molecule has 1 aromatic heterocycles. The number of para-hydroxylation sites is 1. The van der Waals surface area contributed by atoms with E-state index in [0.29, 0.717) is 18.0 Å². The maximum Gasteiger partial charge on any atom is 0.257 e. The lowest BCUT2D eigenvalue weighted by Crippen LogP contribution is -2.34. The van der Waals surface area contributed by atoms with Gasteiger partial charge in [0.05, 0.1) is 5.56 Å². The Bertz CT molecular complexity index is 611. The van der Waals surface area contributed by atoms with Crippen molar-refractivity contribution in [3.8, 4) is 0 Å². The van der Waals surface area contributed by atoms with Crippen LogP contribution in [0.5, 0.6) is 0 Å². The Morgan fingerprint density at radius 3 is 2.90 bits per heavy atom. The van der Waals surface area contributed by atoms with Crippen LogP contribution in [0.2, 0.25) is 0 Å². The van der Waals surface area contributed by atoms with Crippen molar-refractivity contribution in [1.29, 1.82) is 0 Å². The predicted molar refractivity (Wildman–Crippen MR) is 81.1 cm³/mol. The van der Waals surface area contributed by atoms with Crippen LogP contribution < -0.4 is 5.73 Å². The minimum atomic E-state index is 0. The van der Waals surface area contributed by atoms with Crippen molar-refractivity contribution in [1.82, 2.24) is 4.90 Å². The van der Waals surface area contributed by atoms with Crippen molar-refractivity contribution in [2.75, 3.05) is 13.1 Å². The van der Waals surface area contributed by atoms with Gasteiger partial charge < -0.3 is 15.1 Å². The standard InChI is InChI=1S/C15H18N2O2.ClH/c1-10-6-11(7-16)8-17(10)15(18)13-9-19-14-5-3-2-4-12(13)14;/h2-5,9-11H,6-8,16H2,1H3;1H. The molecule has 1 aliphatic heterocycles. The van der Waals surface area contributed by atoms with Gasteiger partial charge in [0.1, 0.15) is 11.8 Å². The fraction of sp³-hybridized carbons (Fsp3) is 0.400. The molecule has 0 spiro atoms. The Hall–Kier alpha value is -1.52. The number of nitrogens with two attached hydrogens (primary N) is 1.